The fourth-order valence-corrected chi connectivity index (χ4v) is 3.52. The molecule has 0 atom stereocenters. The van der Waals surface area contributed by atoms with Crippen molar-refractivity contribution in [2.75, 3.05) is 19.5 Å². The lowest BCUT2D eigenvalue weighted by Crippen LogP contribution is -2.03. The second kappa shape index (κ2) is 5.74. The summed E-state index contributed by atoms with van der Waals surface area (Å²) >= 11 is 0. The first kappa shape index (κ1) is 14.9. The van der Waals surface area contributed by atoms with Gasteiger partial charge in [0.15, 0.2) is 11.5 Å². The van der Waals surface area contributed by atoms with Crippen LogP contribution in [0.15, 0.2) is 18.2 Å². The van der Waals surface area contributed by atoms with Crippen LogP contribution in [0.5, 0.6) is 11.5 Å². The van der Waals surface area contributed by atoms with Gasteiger partial charge in [-0.25, -0.2) is 0 Å². The third-order valence-corrected chi connectivity index (χ3v) is 4.74. The number of hydrogen-bond donors (Lipinski definition) is 2. The smallest absolute Gasteiger partial charge is 0.256 e. The van der Waals surface area contributed by atoms with Crippen LogP contribution in [0.1, 0.15) is 35.4 Å². The summed E-state index contributed by atoms with van der Waals surface area (Å²) in [5.41, 5.74) is 5.89. The highest BCUT2D eigenvalue weighted by molar-refractivity contribution is 6.35. The normalized spacial score (nSPS) is 17.4. The summed E-state index contributed by atoms with van der Waals surface area (Å²) in [5, 5.41) is 2.90. The number of fused-ring (bicyclic) bond motifs is 2. The van der Waals surface area contributed by atoms with Crippen LogP contribution in [0.4, 0.5) is 5.69 Å². The number of H-pyrrole nitrogens is 1. The molecule has 0 saturated carbocycles. The monoisotopic (exact) mass is 324 g/mol. The molecular formula is C19H20N2O3. The molecule has 2 aromatic rings. The van der Waals surface area contributed by atoms with Gasteiger partial charge in [0.05, 0.1) is 25.5 Å². The first-order chi connectivity index (χ1) is 11.7. The van der Waals surface area contributed by atoms with Gasteiger partial charge in [-0.05, 0) is 49.5 Å². The number of carbonyl (C=O) groups excluding carboxylic acids is 1. The Hall–Kier alpha value is -2.69. The predicted molar refractivity (Wildman–Crippen MR) is 93.5 cm³/mol. The van der Waals surface area contributed by atoms with Crippen LogP contribution in [0, 0.1) is 0 Å². The van der Waals surface area contributed by atoms with Crippen LogP contribution in [0.2, 0.25) is 0 Å². The van der Waals surface area contributed by atoms with Gasteiger partial charge in [-0.3, -0.25) is 4.79 Å². The molecule has 0 unspecified atom stereocenters. The number of aryl methyl sites for hydroxylation is 2. The topological polar surface area (TPSA) is 63.4 Å². The van der Waals surface area contributed by atoms with E-state index in [1.165, 1.54) is 24.1 Å². The number of aromatic amines is 1. The summed E-state index contributed by atoms with van der Waals surface area (Å²) in [6.45, 7) is 0. The Kier molecular flexibility index (Phi) is 3.56. The first-order valence-electron chi connectivity index (χ1n) is 8.20. The molecule has 1 aromatic heterocycles. The van der Waals surface area contributed by atoms with Crippen molar-refractivity contribution in [1.82, 2.24) is 4.98 Å². The van der Waals surface area contributed by atoms with Crippen LogP contribution in [0.3, 0.4) is 0 Å². The third kappa shape index (κ3) is 2.37. The van der Waals surface area contributed by atoms with Crippen molar-refractivity contribution < 1.29 is 14.3 Å². The number of nitrogens with one attached hydrogen (secondary N) is 2. The SMILES string of the molecule is COc1cc2c(cc1OC)C(=Cc1cc3c([nH]1)CCCC3)C(=O)N2. The van der Waals surface area contributed by atoms with Crippen molar-refractivity contribution in [3.05, 3.63) is 40.7 Å². The molecule has 1 aliphatic heterocycles. The third-order valence-electron chi connectivity index (χ3n) is 4.74. The lowest BCUT2D eigenvalue weighted by molar-refractivity contribution is -0.110. The first-order valence-corrected chi connectivity index (χ1v) is 8.20. The van der Waals surface area contributed by atoms with Crippen LogP contribution < -0.4 is 14.8 Å². The maximum absolute atomic E-state index is 12.4. The maximum Gasteiger partial charge on any atom is 0.256 e. The van der Waals surface area contributed by atoms with Crippen LogP contribution >= 0.6 is 0 Å². The molecule has 4 rings (SSSR count). The largest absolute Gasteiger partial charge is 0.493 e. The molecule has 5 heteroatoms. The highest BCUT2D eigenvalue weighted by Gasteiger charge is 2.27. The van der Waals surface area contributed by atoms with Crippen LogP contribution in [-0.4, -0.2) is 25.1 Å². The van der Waals surface area contributed by atoms with Crippen molar-refractivity contribution in [2.45, 2.75) is 25.7 Å². The fraction of sp³-hybridized carbons (Fsp3) is 0.316. The minimum Gasteiger partial charge on any atom is -0.493 e. The van der Waals surface area contributed by atoms with Gasteiger partial charge in [0, 0.05) is 23.0 Å². The lowest BCUT2D eigenvalue weighted by atomic mass is 9.98. The maximum atomic E-state index is 12.4. The zero-order valence-corrected chi connectivity index (χ0v) is 13.9. The number of methoxy groups -OCH3 is 2. The van der Waals surface area contributed by atoms with Gasteiger partial charge in [-0.1, -0.05) is 0 Å². The molecule has 124 valence electrons. The predicted octanol–water partition coefficient (Wildman–Crippen LogP) is 3.40. The minimum atomic E-state index is -0.104. The Morgan fingerprint density at radius 2 is 1.79 bits per heavy atom. The van der Waals surface area contributed by atoms with Gasteiger partial charge in [0.25, 0.3) is 5.91 Å². The van der Waals surface area contributed by atoms with E-state index in [1.54, 1.807) is 20.3 Å². The molecular weight excluding hydrogens is 304 g/mol. The van der Waals surface area contributed by atoms with E-state index in [1.807, 2.05) is 12.1 Å². The highest BCUT2D eigenvalue weighted by atomic mass is 16.5. The highest BCUT2D eigenvalue weighted by Crippen LogP contribution is 2.41. The Bertz CT molecular complexity index is 825. The van der Waals surface area contributed by atoms with Crippen molar-refractivity contribution in [2.24, 2.45) is 0 Å². The summed E-state index contributed by atoms with van der Waals surface area (Å²) in [6.07, 6.45) is 6.59. The summed E-state index contributed by atoms with van der Waals surface area (Å²) in [4.78, 5) is 15.9. The second-order valence-electron chi connectivity index (χ2n) is 6.20. The van der Waals surface area contributed by atoms with Gasteiger partial charge in [0.2, 0.25) is 0 Å². The average Bonchev–Trinajstić information content (AvgIpc) is 3.14. The molecule has 0 saturated heterocycles. The van der Waals surface area contributed by atoms with E-state index in [2.05, 4.69) is 16.4 Å². The summed E-state index contributed by atoms with van der Waals surface area (Å²) < 4.78 is 10.7. The molecule has 0 bridgehead atoms. The molecule has 1 aliphatic carbocycles. The molecule has 2 heterocycles. The Morgan fingerprint density at radius 1 is 1.04 bits per heavy atom. The van der Waals surface area contributed by atoms with E-state index in [0.29, 0.717) is 17.1 Å². The number of ether oxygens (including phenoxy) is 2. The zero-order valence-electron chi connectivity index (χ0n) is 13.9. The molecule has 1 aromatic carbocycles. The average molecular weight is 324 g/mol. The zero-order chi connectivity index (χ0) is 16.7. The molecule has 5 nitrogen and oxygen atoms in total. The summed E-state index contributed by atoms with van der Waals surface area (Å²) in [6, 6.07) is 5.81. The molecule has 1 amide bonds. The van der Waals surface area contributed by atoms with Crippen LogP contribution in [0.25, 0.3) is 11.6 Å². The molecule has 2 N–H and O–H groups in total. The fourth-order valence-electron chi connectivity index (χ4n) is 3.52. The van der Waals surface area contributed by atoms with Crippen molar-refractivity contribution in [3.8, 4) is 11.5 Å². The molecule has 0 radical (unpaired) electrons. The van der Waals surface area contributed by atoms with E-state index < -0.39 is 0 Å². The summed E-state index contributed by atoms with van der Waals surface area (Å²) in [7, 11) is 3.18. The Labute approximate surface area is 140 Å². The molecule has 0 fully saturated rings. The van der Waals surface area contributed by atoms with Gasteiger partial charge >= 0.3 is 0 Å². The number of carbonyl (C=O) groups is 1. The lowest BCUT2D eigenvalue weighted by Gasteiger charge is -2.09. The van der Waals surface area contributed by atoms with Gasteiger partial charge < -0.3 is 19.8 Å². The van der Waals surface area contributed by atoms with Gasteiger partial charge in [-0.15, -0.1) is 0 Å². The molecule has 24 heavy (non-hydrogen) atoms. The number of benzene rings is 1. The molecule has 0 spiro atoms. The quantitative estimate of drug-likeness (QED) is 0.851. The number of hydrogen-bond acceptors (Lipinski definition) is 3. The number of anilines is 1. The minimum absolute atomic E-state index is 0.104. The molecule has 2 aliphatic rings. The standard InChI is InChI=1S/C19H20N2O3/c1-23-17-9-13-14(19(22)21-16(13)10-18(17)24-2)8-12-7-11-5-3-4-6-15(11)20-12/h7-10,20H,3-6H2,1-2H3,(H,21,22). The van der Waals surface area contributed by atoms with E-state index in [0.717, 1.165) is 29.8 Å². The van der Waals surface area contributed by atoms with Crippen LogP contribution in [-0.2, 0) is 17.6 Å². The van der Waals surface area contributed by atoms with E-state index in [4.69, 9.17) is 9.47 Å². The van der Waals surface area contributed by atoms with E-state index >= 15 is 0 Å². The Balaban J connectivity index is 1.77. The Morgan fingerprint density at radius 3 is 2.54 bits per heavy atom. The summed E-state index contributed by atoms with van der Waals surface area (Å²) in [5.74, 6) is 1.12. The van der Waals surface area contributed by atoms with E-state index in [9.17, 15) is 4.79 Å². The number of amides is 1. The number of rotatable bonds is 3. The second-order valence-corrected chi connectivity index (χ2v) is 6.20. The van der Waals surface area contributed by atoms with Crippen molar-refractivity contribution >= 4 is 23.2 Å². The van der Waals surface area contributed by atoms with E-state index in [-0.39, 0.29) is 5.91 Å². The van der Waals surface area contributed by atoms with Crippen molar-refractivity contribution in [1.29, 1.82) is 0 Å². The van der Waals surface area contributed by atoms with Crippen molar-refractivity contribution in [3.63, 3.8) is 0 Å². The van der Waals surface area contributed by atoms with Gasteiger partial charge in [-0.2, -0.15) is 0 Å². The number of aromatic nitrogens is 1. The van der Waals surface area contributed by atoms with Gasteiger partial charge in [0.1, 0.15) is 0 Å².